The summed E-state index contributed by atoms with van der Waals surface area (Å²) in [5.74, 6) is 0. The van der Waals surface area contributed by atoms with Crippen LogP contribution in [0.3, 0.4) is 0 Å². The number of nitrogens with zero attached hydrogens (tertiary/aromatic N) is 1. The molecule has 1 aliphatic rings. The molecule has 1 aliphatic heterocycles. The second-order valence-corrected chi connectivity index (χ2v) is 5.60. The Bertz CT molecular complexity index is 515. The number of benzene rings is 1. The normalized spacial score (nSPS) is 21.0. The summed E-state index contributed by atoms with van der Waals surface area (Å²) in [5, 5.41) is 14.1. The van der Waals surface area contributed by atoms with Gasteiger partial charge >= 0.3 is 0 Å². The highest BCUT2D eigenvalue weighted by atomic mass is 16.6. The standard InChI is InChI=1S/C15H23N3O3/c1-3-15(4-2)10-11(7-8-21-15)17-14-6-5-12(18(19)20)9-13(14)16/h5-6,9,11,17H,3-4,7-8,10,16H2,1-2H3. The number of ether oxygens (including phenoxy) is 1. The van der Waals surface area contributed by atoms with E-state index in [1.54, 1.807) is 6.07 Å². The van der Waals surface area contributed by atoms with Gasteiger partial charge in [0.2, 0.25) is 0 Å². The molecule has 1 aromatic carbocycles. The monoisotopic (exact) mass is 293 g/mol. The van der Waals surface area contributed by atoms with Gasteiger partial charge in [0, 0.05) is 24.8 Å². The predicted molar refractivity (Wildman–Crippen MR) is 83.4 cm³/mol. The average molecular weight is 293 g/mol. The number of anilines is 2. The van der Waals surface area contributed by atoms with Crippen LogP contribution in [-0.4, -0.2) is 23.2 Å². The zero-order valence-corrected chi connectivity index (χ0v) is 12.6. The number of nitro benzene ring substituents is 1. The van der Waals surface area contributed by atoms with E-state index in [-0.39, 0.29) is 17.3 Å². The molecule has 6 heteroatoms. The molecule has 0 amide bonds. The van der Waals surface area contributed by atoms with Crippen molar-refractivity contribution in [3.63, 3.8) is 0 Å². The first-order valence-electron chi connectivity index (χ1n) is 7.44. The van der Waals surface area contributed by atoms with Crippen LogP contribution in [0.4, 0.5) is 17.1 Å². The van der Waals surface area contributed by atoms with Gasteiger partial charge in [-0.25, -0.2) is 0 Å². The minimum absolute atomic E-state index is 0.0153. The summed E-state index contributed by atoms with van der Waals surface area (Å²) in [5.41, 5.74) is 7.03. The van der Waals surface area contributed by atoms with Crippen LogP contribution in [0.2, 0.25) is 0 Å². The van der Waals surface area contributed by atoms with Gasteiger partial charge in [0.15, 0.2) is 0 Å². The number of nitrogen functional groups attached to an aromatic ring is 1. The van der Waals surface area contributed by atoms with E-state index < -0.39 is 4.92 Å². The van der Waals surface area contributed by atoms with Gasteiger partial charge in [-0.1, -0.05) is 13.8 Å². The molecule has 1 atom stereocenters. The molecule has 6 nitrogen and oxygen atoms in total. The lowest BCUT2D eigenvalue weighted by atomic mass is 9.86. The third-order valence-corrected chi connectivity index (χ3v) is 4.39. The Hall–Kier alpha value is -1.82. The van der Waals surface area contributed by atoms with Gasteiger partial charge in [-0.15, -0.1) is 0 Å². The van der Waals surface area contributed by atoms with E-state index in [1.165, 1.54) is 12.1 Å². The molecule has 21 heavy (non-hydrogen) atoms. The number of nitrogens with one attached hydrogen (secondary N) is 1. The SMILES string of the molecule is CCC1(CC)CC(Nc2ccc([N+](=O)[O-])cc2N)CCO1. The largest absolute Gasteiger partial charge is 0.397 e. The molecule has 116 valence electrons. The number of nitrogens with two attached hydrogens (primary N) is 1. The first-order chi connectivity index (χ1) is 9.99. The van der Waals surface area contributed by atoms with Crippen LogP contribution in [0.1, 0.15) is 39.5 Å². The second kappa shape index (κ2) is 6.30. The summed E-state index contributed by atoms with van der Waals surface area (Å²) in [6, 6.07) is 4.84. The molecule has 0 saturated carbocycles. The fourth-order valence-electron chi connectivity index (χ4n) is 2.91. The van der Waals surface area contributed by atoms with Crippen LogP contribution in [0.15, 0.2) is 18.2 Å². The number of hydrogen-bond donors (Lipinski definition) is 2. The fraction of sp³-hybridized carbons (Fsp3) is 0.600. The minimum atomic E-state index is -0.437. The third kappa shape index (κ3) is 3.44. The molecule has 0 aromatic heterocycles. The van der Waals surface area contributed by atoms with E-state index in [0.717, 1.165) is 38.0 Å². The molecule has 0 spiro atoms. The Morgan fingerprint density at radius 1 is 1.48 bits per heavy atom. The van der Waals surface area contributed by atoms with E-state index in [4.69, 9.17) is 10.5 Å². The van der Waals surface area contributed by atoms with Gasteiger partial charge in [0.1, 0.15) is 0 Å². The van der Waals surface area contributed by atoms with Gasteiger partial charge in [0.05, 0.1) is 21.9 Å². The van der Waals surface area contributed by atoms with Crippen LogP contribution in [0.25, 0.3) is 0 Å². The van der Waals surface area contributed by atoms with Crippen LogP contribution in [-0.2, 0) is 4.74 Å². The maximum absolute atomic E-state index is 10.7. The summed E-state index contributed by atoms with van der Waals surface area (Å²) < 4.78 is 5.95. The predicted octanol–water partition coefficient (Wildman–Crippen LogP) is 3.33. The highest BCUT2D eigenvalue weighted by Crippen LogP contribution is 2.34. The summed E-state index contributed by atoms with van der Waals surface area (Å²) in [6.07, 6.45) is 3.81. The van der Waals surface area contributed by atoms with Crippen molar-refractivity contribution >= 4 is 17.1 Å². The minimum Gasteiger partial charge on any atom is -0.397 e. The van der Waals surface area contributed by atoms with Crippen molar-refractivity contribution in [1.29, 1.82) is 0 Å². The maximum Gasteiger partial charge on any atom is 0.271 e. The van der Waals surface area contributed by atoms with Crippen LogP contribution >= 0.6 is 0 Å². The van der Waals surface area contributed by atoms with E-state index in [2.05, 4.69) is 19.2 Å². The highest BCUT2D eigenvalue weighted by Gasteiger charge is 2.34. The van der Waals surface area contributed by atoms with Crippen molar-refractivity contribution in [2.75, 3.05) is 17.7 Å². The number of hydrogen-bond acceptors (Lipinski definition) is 5. The number of nitro groups is 1. The van der Waals surface area contributed by atoms with E-state index in [9.17, 15) is 10.1 Å². The topological polar surface area (TPSA) is 90.4 Å². The van der Waals surface area contributed by atoms with Gasteiger partial charge in [-0.05, 0) is 31.7 Å². The molecule has 1 heterocycles. The zero-order chi connectivity index (χ0) is 15.5. The lowest BCUT2D eigenvalue weighted by Gasteiger charge is -2.40. The Kier molecular flexibility index (Phi) is 4.67. The Morgan fingerprint density at radius 3 is 2.76 bits per heavy atom. The smallest absolute Gasteiger partial charge is 0.271 e. The molecule has 1 unspecified atom stereocenters. The molecular formula is C15H23N3O3. The Balaban J connectivity index is 2.09. The first-order valence-corrected chi connectivity index (χ1v) is 7.44. The third-order valence-electron chi connectivity index (χ3n) is 4.39. The van der Waals surface area contributed by atoms with Gasteiger partial charge in [-0.3, -0.25) is 10.1 Å². The fourth-order valence-corrected chi connectivity index (χ4v) is 2.91. The molecule has 2 rings (SSSR count). The van der Waals surface area contributed by atoms with Crippen LogP contribution in [0, 0.1) is 10.1 Å². The maximum atomic E-state index is 10.7. The van der Waals surface area contributed by atoms with Gasteiger partial charge in [0.25, 0.3) is 5.69 Å². The van der Waals surface area contributed by atoms with Crippen molar-refractivity contribution in [3.8, 4) is 0 Å². The second-order valence-electron chi connectivity index (χ2n) is 5.60. The van der Waals surface area contributed by atoms with Crippen molar-refractivity contribution in [1.82, 2.24) is 0 Å². The molecule has 3 N–H and O–H groups in total. The first kappa shape index (κ1) is 15.6. The molecule has 0 aliphatic carbocycles. The van der Waals surface area contributed by atoms with E-state index in [1.807, 2.05) is 0 Å². The average Bonchev–Trinajstić information content (AvgIpc) is 2.49. The highest BCUT2D eigenvalue weighted by molar-refractivity contribution is 5.69. The lowest BCUT2D eigenvalue weighted by molar-refractivity contribution is -0.384. The molecular weight excluding hydrogens is 270 g/mol. The van der Waals surface area contributed by atoms with E-state index >= 15 is 0 Å². The van der Waals surface area contributed by atoms with Gasteiger partial charge in [-0.2, -0.15) is 0 Å². The molecule has 1 saturated heterocycles. The van der Waals surface area contributed by atoms with E-state index in [0.29, 0.717) is 5.69 Å². The quantitative estimate of drug-likeness (QED) is 0.493. The number of rotatable bonds is 5. The Morgan fingerprint density at radius 2 is 2.19 bits per heavy atom. The molecule has 1 aromatic rings. The summed E-state index contributed by atoms with van der Waals surface area (Å²) in [6.45, 7) is 5.02. The molecule has 1 fully saturated rings. The van der Waals surface area contributed by atoms with Crippen LogP contribution < -0.4 is 11.1 Å². The lowest BCUT2D eigenvalue weighted by Crippen LogP contribution is -2.43. The van der Waals surface area contributed by atoms with Gasteiger partial charge < -0.3 is 15.8 Å². The summed E-state index contributed by atoms with van der Waals surface area (Å²) in [7, 11) is 0. The molecule has 0 radical (unpaired) electrons. The van der Waals surface area contributed by atoms with Crippen molar-refractivity contribution in [2.45, 2.75) is 51.2 Å². The Labute approximate surface area is 124 Å². The number of non-ortho nitro benzene ring substituents is 1. The summed E-state index contributed by atoms with van der Waals surface area (Å²) in [4.78, 5) is 10.3. The summed E-state index contributed by atoms with van der Waals surface area (Å²) >= 11 is 0. The van der Waals surface area contributed by atoms with Crippen molar-refractivity contribution < 1.29 is 9.66 Å². The van der Waals surface area contributed by atoms with Crippen molar-refractivity contribution in [3.05, 3.63) is 28.3 Å². The zero-order valence-electron chi connectivity index (χ0n) is 12.6. The molecule has 0 bridgehead atoms. The van der Waals surface area contributed by atoms with Crippen LogP contribution in [0.5, 0.6) is 0 Å². The van der Waals surface area contributed by atoms with Crippen molar-refractivity contribution in [2.24, 2.45) is 0 Å².